The fourth-order valence-electron chi connectivity index (χ4n) is 4.15. The van der Waals surface area contributed by atoms with Crippen molar-refractivity contribution >= 4 is 22.1 Å². The Bertz CT molecular complexity index is 326. The molecule has 3 saturated heterocycles. The lowest BCUT2D eigenvalue weighted by molar-refractivity contribution is -0.961. The van der Waals surface area contributed by atoms with Crippen molar-refractivity contribution < 1.29 is 26.7 Å². The summed E-state index contributed by atoms with van der Waals surface area (Å²) in [6, 6.07) is 0. The minimum Gasteiger partial charge on any atom is -1.00 e. The standard InChI is InChI=1S/C13H21BrN2O.BrH/c14-16-11-7-3-1-4-8-13(12(16)17)9-5-2-6-10-15(11)13;/h11H,1-10H2;1H. The molecule has 2 bridgehead atoms. The van der Waals surface area contributed by atoms with E-state index in [-0.39, 0.29) is 22.5 Å². The average Bonchev–Trinajstić information content (AvgIpc) is 2.46. The summed E-state index contributed by atoms with van der Waals surface area (Å²) in [6.45, 7) is 1.19. The van der Waals surface area contributed by atoms with E-state index in [0.717, 1.165) is 12.8 Å². The quantitative estimate of drug-likeness (QED) is 0.514. The molecule has 0 aliphatic carbocycles. The van der Waals surface area contributed by atoms with Gasteiger partial charge in [-0.25, -0.2) is 3.93 Å². The van der Waals surface area contributed by atoms with Gasteiger partial charge >= 0.3 is 0 Å². The number of nitrogens with one attached hydrogen (secondary N) is 1. The fourth-order valence-corrected chi connectivity index (χ4v) is 4.94. The molecule has 104 valence electrons. The lowest BCUT2D eigenvalue weighted by Crippen LogP contribution is -3.21. The number of hydrogen-bond donors (Lipinski definition) is 1. The van der Waals surface area contributed by atoms with Gasteiger partial charge in [0.15, 0.2) is 11.7 Å². The number of quaternary nitrogens is 1. The minimum absolute atomic E-state index is 0. The third-order valence-electron chi connectivity index (χ3n) is 5.02. The number of hydrogen-bond acceptors (Lipinski definition) is 1. The summed E-state index contributed by atoms with van der Waals surface area (Å²) < 4.78 is 1.90. The van der Waals surface area contributed by atoms with Crippen molar-refractivity contribution in [1.82, 2.24) is 3.93 Å². The number of carbonyl (C=O) groups is 1. The third kappa shape index (κ3) is 2.16. The van der Waals surface area contributed by atoms with Crippen LogP contribution < -0.4 is 21.9 Å². The summed E-state index contributed by atoms with van der Waals surface area (Å²) >= 11 is 3.55. The summed E-state index contributed by atoms with van der Waals surface area (Å²) in [4.78, 5) is 14.2. The highest BCUT2D eigenvalue weighted by Crippen LogP contribution is 2.34. The highest BCUT2D eigenvalue weighted by Gasteiger charge is 2.60. The largest absolute Gasteiger partial charge is 1.00 e. The van der Waals surface area contributed by atoms with Crippen LogP contribution in [0.1, 0.15) is 57.8 Å². The molecule has 3 aliphatic heterocycles. The van der Waals surface area contributed by atoms with E-state index < -0.39 is 0 Å². The van der Waals surface area contributed by atoms with Crippen LogP contribution in [0.3, 0.4) is 0 Å². The van der Waals surface area contributed by atoms with Crippen molar-refractivity contribution in [2.24, 2.45) is 0 Å². The van der Waals surface area contributed by atoms with Crippen LogP contribution in [0.2, 0.25) is 0 Å². The molecule has 5 heteroatoms. The maximum atomic E-state index is 12.7. The molecular weight excluding hydrogens is 360 g/mol. The van der Waals surface area contributed by atoms with Gasteiger partial charge in [-0.2, -0.15) is 0 Å². The van der Waals surface area contributed by atoms with Gasteiger partial charge in [-0.1, -0.05) is 6.42 Å². The highest BCUT2D eigenvalue weighted by atomic mass is 79.9. The summed E-state index contributed by atoms with van der Waals surface area (Å²) in [5.41, 5.74) is -0.0644. The van der Waals surface area contributed by atoms with Crippen LogP contribution >= 0.6 is 16.1 Å². The van der Waals surface area contributed by atoms with E-state index in [1.807, 2.05) is 3.93 Å². The van der Waals surface area contributed by atoms with Crippen LogP contribution in [0, 0.1) is 0 Å². The molecule has 0 aromatic carbocycles. The zero-order valence-electron chi connectivity index (χ0n) is 10.8. The Morgan fingerprint density at radius 1 is 1.11 bits per heavy atom. The molecule has 0 saturated carbocycles. The van der Waals surface area contributed by atoms with E-state index in [2.05, 4.69) is 16.1 Å². The second-order valence-corrected chi connectivity index (χ2v) is 6.66. The molecule has 0 aromatic rings. The fraction of sp³-hybridized carbons (Fsp3) is 0.923. The van der Waals surface area contributed by atoms with Crippen molar-refractivity contribution in [1.29, 1.82) is 0 Å². The molecular formula is C13H22Br2N2O. The number of carbonyl (C=O) groups excluding carboxylic acids is 1. The predicted octanol–water partition coefficient (Wildman–Crippen LogP) is -1.37. The first-order chi connectivity index (χ1) is 8.26. The van der Waals surface area contributed by atoms with E-state index >= 15 is 0 Å². The first-order valence-corrected chi connectivity index (χ1v) is 7.82. The molecule has 1 amide bonds. The summed E-state index contributed by atoms with van der Waals surface area (Å²) in [7, 11) is 0. The zero-order chi connectivity index (χ0) is 11.9. The second-order valence-electron chi connectivity index (χ2n) is 5.90. The maximum Gasteiger partial charge on any atom is 0.298 e. The molecule has 0 radical (unpaired) electrons. The molecule has 3 fully saturated rings. The summed E-state index contributed by atoms with van der Waals surface area (Å²) in [5, 5.41) is 0. The Morgan fingerprint density at radius 3 is 2.50 bits per heavy atom. The smallest absolute Gasteiger partial charge is 0.298 e. The number of amides is 1. The Kier molecular flexibility index (Phi) is 4.76. The van der Waals surface area contributed by atoms with Crippen LogP contribution in [0.15, 0.2) is 0 Å². The van der Waals surface area contributed by atoms with Gasteiger partial charge in [0.25, 0.3) is 5.91 Å². The predicted molar refractivity (Wildman–Crippen MR) is 69.7 cm³/mol. The molecule has 3 rings (SSSR count). The molecule has 1 N–H and O–H groups in total. The van der Waals surface area contributed by atoms with Crippen LogP contribution in [-0.2, 0) is 4.79 Å². The maximum absolute atomic E-state index is 12.7. The molecule has 18 heavy (non-hydrogen) atoms. The van der Waals surface area contributed by atoms with Crippen molar-refractivity contribution in [2.45, 2.75) is 69.5 Å². The van der Waals surface area contributed by atoms with Crippen molar-refractivity contribution in [2.75, 3.05) is 6.54 Å². The van der Waals surface area contributed by atoms with Gasteiger partial charge < -0.3 is 21.9 Å². The van der Waals surface area contributed by atoms with E-state index in [4.69, 9.17) is 0 Å². The van der Waals surface area contributed by atoms with Crippen LogP contribution in [0.4, 0.5) is 0 Å². The van der Waals surface area contributed by atoms with E-state index in [0.29, 0.717) is 12.1 Å². The van der Waals surface area contributed by atoms with E-state index in [1.54, 1.807) is 4.90 Å². The van der Waals surface area contributed by atoms with Crippen LogP contribution in [0.5, 0.6) is 0 Å². The molecule has 3 aliphatic rings. The van der Waals surface area contributed by atoms with Crippen LogP contribution in [-0.4, -0.2) is 28.1 Å². The Morgan fingerprint density at radius 2 is 1.78 bits per heavy atom. The number of nitrogens with zero attached hydrogens (tertiary/aromatic N) is 1. The summed E-state index contributed by atoms with van der Waals surface area (Å²) in [6.07, 6.45) is 11.5. The Balaban J connectivity index is 0.00000120. The first-order valence-electron chi connectivity index (χ1n) is 7.11. The Labute approximate surface area is 128 Å². The lowest BCUT2D eigenvalue weighted by Gasteiger charge is -2.35. The van der Waals surface area contributed by atoms with E-state index in [1.165, 1.54) is 51.5 Å². The normalized spacial score (nSPS) is 40.3. The highest BCUT2D eigenvalue weighted by molar-refractivity contribution is 9.07. The second kappa shape index (κ2) is 5.80. The van der Waals surface area contributed by atoms with Crippen molar-refractivity contribution in [3.8, 4) is 0 Å². The topological polar surface area (TPSA) is 24.8 Å². The number of halogens is 2. The monoisotopic (exact) mass is 380 g/mol. The minimum atomic E-state index is -0.0644. The molecule has 0 spiro atoms. The SMILES string of the molecule is O=C1N(Br)C2CCCCCC13CCCCC[NH+]23.[Br-]. The van der Waals surface area contributed by atoms with Gasteiger partial charge in [-0.05, 0) is 32.1 Å². The molecule has 3 atom stereocenters. The van der Waals surface area contributed by atoms with Gasteiger partial charge in [-0.15, -0.1) is 0 Å². The lowest BCUT2D eigenvalue weighted by atomic mass is 9.85. The molecule has 3 nitrogen and oxygen atoms in total. The number of rotatable bonds is 0. The van der Waals surface area contributed by atoms with Gasteiger partial charge in [0.05, 0.1) is 22.7 Å². The van der Waals surface area contributed by atoms with Crippen molar-refractivity contribution in [3.63, 3.8) is 0 Å². The first kappa shape index (κ1) is 14.8. The van der Waals surface area contributed by atoms with Crippen LogP contribution in [0.25, 0.3) is 0 Å². The molecule has 3 heterocycles. The zero-order valence-corrected chi connectivity index (χ0v) is 13.9. The summed E-state index contributed by atoms with van der Waals surface area (Å²) in [5.74, 6) is 0.376. The molecule has 0 aromatic heterocycles. The van der Waals surface area contributed by atoms with Gasteiger partial charge in [0, 0.05) is 19.3 Å². The average molecular weight is 382 g/mol. The van der Waals surface area contributed by atoms with Crippen molar-refractivity contribution in [3.05, 3.63) is 0 Å². The van der Waals surface area contributed by atoms with E-state index in [9.17, 15) is 4.79 Å². The third-order valence-corrected chi connectivity index (χ3v) is 5.84. The van der Waals surface area contributed by atoms with Gasteiger partial charge in [0.2, 0.25) is 0 Å². The molecule has 3 unspecified atom stereocenters. The van der Waals surface area contributed by atoms with Gasteiger partial charge in [-0.3, -0.25) is 4.79 Å². The Hall–Kier alpha value is 0.390. The van der Waals surface area contributed by atoms with Gasteiger partial charge in [0.1, 0.15) is 0 Å².